The highest BCUT2D eigenvalue weighted by molar-refractivity contribution is 5.86. The fraction of sp³-hybridized carbons (Fsp3) is 0.714. The summed E-state index contributed by atoms with van der Waals surface area (Å²) in [5.74, 6) is -0.480. The second kappa shape index (κ2) is 3.94. The minimum atomic E-state index is -0.991. The molecule has 2 N–H and O–H groups in total. The van der Waals surface area contributed by atoms with Crippen molar-refractivity contribution in [2.24, 2.45) is 0 Å². The summed E-state index contributed by atoms with van der Waals surface area (Å²) in [6.45, 7) is 3.13. The van der Waals surface area contributed by atoms with E-state index < -0.39 is 17.5 Å². The molecule has 0 heterocycles. The van der Waals surface area contributed by atoms with Crippen molar-refractivity contribution >= 4 is 12.0 Å². The summed E-state index contributed by atoms with van der Waals surface area (Å²) in [4.78, 5) is 21.8. The number of methoxy groups -OCH3 is 1. The average molecular weight is 174 g/mol. The third-order valence-corrected chi connectivity index (χ3v) is 1.35. The van der Waals surface area contributed by atoms with Gasteiger partial charge in [0.2, 0.25) is 0 Å². The molecule has 0 aromatic rings. The molecule has 0 fully saturated rings. The lowest BCUT2D eigenvalue weighted by Gasteiger charge is -2.22. The molecule has 2 amide bonds. The number of carbonyl (C=O) groups excluding carboxylic acids is 2. The van der Waals surface area contributed by atoms with Gasteiger partial charge in [-0.2, -0.15) is 0 Å². The summed E-state index contributed by atoms with van der Waals surface area (Å²) in [7, 11) is 2.75. The van der Waals surface area contributed by atoms with Gasteiger partial charge in [0.05, 0.1) is 7.11 Å². The first-order chi connectivity index (χ1) is 5.44. The van der Waals surface area contributed by atoms with Crippen LogP contribution in [0.2, 0.25) is 0 Å². The highest BCUT2D eigenvalue weighted by Crippen LogP contribution is 2.03. The zero-order valence-electron chi connectivity index (χ0n) is 7.72. The van der Waals surface area contributed by atoms with Gasteiger partial charge in [0.1, 0.15) is 5.54 Å². The third-order valence-electron chi connectivity index (χ3n) is 1.35. The van der Waals surface area contributed by atoms with Crippen molar-refractivity contribution in [3.8, 4) is 0 Å². The zero-order valence-corrected chi connectivity index (χ0v) is 7.72. The van der Waals surface area contributed by atoms with E-state index in [-0.39, 0.29) is 0 Å². The van der Waals surface area contributed by atoms with Crippen LogP contribution in [0.5, 0.6) is 0 Å². The molecule has 5 nitrogen and oxygen atoms in total. The number of carbonyl (C=O) groups is 2. The first-order valence-corrected chi connectivity index (χ1v) is 3.52. The Kier molecular flexibility index (Phi) is 3.53. The summed E-state index contributed by atoms with van der Waals surface area (Å²) in [6, 6.07) is -0.412. The topological polar surface area (TPSA) is 67.4 Å². The Bertz CT molecular complexity index is 189. The fourth-order valence-corrected chi connectivity index (χ4v) is 0.653. The number of rotatable bonds is 2. The van der Waals surface area contributed by atoms with Crippen LogP contribution in [0.4, 0.5) is 4.79 Å². The molecule has 0 aromatic carbocycles. The van der Waals surface area contributed by atoms with E-state index in [9.17, 15) is 9.59 Å². The maximum Gasteiger partial charge on any atom is 0.331 e. The standard InChI is InChI=1S/C7H14N2O3/c1-7(2,5(10)12-4)9-6(11)8-3/h1-4H3,(H2,8,9,11). The number of amides is 2. The monoisotopic (exact) mass is 174 g/mol. The Morgan fingerprint density at radius 1 is 1.33 bits per heavy atom. The highest BCUT2D eigenvalue weighted by atomic mass is 16.5. The van der Waals surface area contributed by atoms with Crippen LogP contribution in [0.25, 0.3) is 0 Å². The second-order valence-corrected chi connectivity index (χ2v) is 2.82. The van der Waals surface area contributed by atoms with E-state index in [1.54, 1.807) is 13.8 Å². The minimum Gasteiger partial charge on any atom is -0.467 e. The van der Waals surface area contributed by atoms with Crippen molar-refractivity contribution in [3.05, 3.63) is 0 Å². The SMILES string of the molecule is CNC(=O)NC(C)(C)C(=O)OC. The van der Waals surface area contributed by atoms with E-state index >= 15 is 0 Å². The van der Waals surface area contributed by atoms with Crippen molar-refractivity contribution in [1.82, 2.24) is 10.6 Å². The largest absolute Gasteiger partial charge is 0.467 e. The summed E-state index contributed by atoms with van der Waals surface area (Å²) in [5.41, 5.74) is -0.991. The molecule has 0 rings (SSSR count). The summed E-state index contributed by atoms with van der Waals surface area (Å²) in [5, 5.41) is 4.77. The molecule has 0 saturated heterocycles. The van der Waals surface area contributed by atoms with Crippen molar-refractivity contribution in [3.63, 3.8) is 0 Å². The normalized spacial score (nSPS) is 10.3. The minimum absolute atomic E-state index is 0.412. The van der Waals surface area contributed by atoms with E-state index in [0.717, 1.165) is 0 Å². The van der Waals surface area contributed by atoms with E-state index in [0.29, 0.717) is 0 Å². The lowest BCUT2D eigenvalue weighted by molar-refractivity contribution is -0.146. The van der Waals surface area contributed by atoms with Crippen LogP contribution in [0.1, 0.15) is 13.8 Å². The molecule has 0 spiro atoms. The Labute approximate surface area is 71.5 Å². The third kappa shape index (κ3) is 2.77. The number of urea groups is 1. The van der Waals surface area contributed by atoms with Crippen LogP contribution < -0.4 is 10.6 Å². The molecule has 0 aliphatic heterocycles. The Balaban J connectivity index is 4.21. The Morgan fingerprint density at radius 3 is 2.17 bits per heavy atom. The van der Waals surface area contributed by atoms with E-state index in [1.807, 2.05) is 0 Å². The zero-order chi connectivity index (χ0) is 9.78. The van der Waals surface area contributed by atoms with Crippen molar-refractivity contribution < 1.29 is 14.3 Å². The first-order valence-electron chi connectivity index (χ1n) is 3.52. The molecule has 0 aliphatic rings. The van der Waals surface area contributed by atoms with Gasteiger partial charge < -0.3 is 15.4 Å². The average Bonchev–Trinajstić information content (AvgIpc) is 2.02. The van der Waals surface area contributed by atoms with Crippen molar-refractivity contribution in [2.75, 3.05) is 14.2 Å². The maximum atomic E-state index is 11.0. The Hall–Kier alpha value is -1.26. The number of esters is 1. The van der Waals surface area contributed by atoms with Crippen LogP contribution in [0.3, 0.4) is 0 Å². The molecule has 0 aliphatic carbocycles. The summed E-state index contributed by atoms with van der Waals surface area (Å²) < 4.78 is 4.48. The van der Waals surface area contributed by atoms with Crippen LogP contribution >= 0.6 is 0 Å². The molecule has 0 bridgehead atoms. The molecule has 12 heavy (non-hydrogen) atoms. The second-order valence-electron chi connectivity index (χ2n) is 2.82. The molecule has 0 unspecified atom stereocenters. The number of hydrogen-bond donors (Lipinski definition) is 2. The Morgan fingerprint density at radius 2 is 1.83 bits per heavy atom. The lowest BCUT2D eigenvalue weighted by atomic mass is 10.1. The number of ether oxygens (including phenoxy) is 1. The van der Waals surface area contributed by atoms with Crippen LogP contribution in [0.15, 0.2) is 0 Å². The van der Waals surface area contributed by atoms with E-state index in [2.05, 4.69) is 15.4 Å². The fourth-order valence-electron chi connectivity index (χ4n) is 0.653. The van der Waals surface area contributed by atoms with Crippen molar-refractivity contribution in [1.29, 1.82) is 0 Å². The van der Waals surface area contributed by atoms with E-state index in [1.165, 1.54) is 14.2 Å². The molecular formula is C7H14N2O3. The molecule has 0 aromatic heterocycles. The lowest BCUT2D eigenvalue weighted by Crippen LogP contribution is -2.52. The van der Waals surface area contributed by atoms with Gasteiger partial charge in [0, 0.05) is 7.05 Å². The predicted molar refractivity (Wildman–Crippen MR) is 43.7 cm³/mol. The summed E-state index contributed by atoms with van der Waals surface area (Å²) >= 11 is 0. The molecule has 70 valence electrons. The predicted octanol–water partition coefficient (Wildman–Crippen LogP) is -0.133. The quantitative estimate of drug-likeness (QED) is 0.573. The maximum absolute atomic E-state index is 11.0. The van der Waals surface area contributed by atoms with Gasteiger partial charge in [0.15, 0.2) is 0 Å². The van der Waals surface area contributed by atoms with Crippen LogP contribution in [-0.2, 0) is 9.53 Å². The first kappa shape index (κ1) is 10.7. The van der Waals surface area contributed by atoms with E-state index in [4.69, 9.17) is 0 Å². The number of nitrogens with one attached hydrogen (secondary N) is 2. The van der Waals surface area contributed by atoms with Gasteiger partial charge in [-0.25, -0.2) is 9.59 Å². The van der Waals surface area contributed by atoms with Crippen LogP contribution in [0, 0.1) is 0 Å². The van der Waals surface area contributed by atoms with Gasteiger partial charge in [-0.15, -0.1) is 0 Å². The molecule has 0 saturated carbocycles. The molecule has 0 radical (unpaired) electrons. The van der Waals surface area contributed by atoms with Gasteiger partial charge in [-0.05, 0) is 13.8 Å². The van der Waals surface area contributed by atoms with Crippen LogP contribution in [-0.4, -0.2) is 31.7 Å². The smallest absolute Gasteiger partial charge is 0.331 e. The van der Waals surface area contributed by atoms with Gasteiger partial charge in [-0.1, -0.05) is 0 Å². The molecule has 5 heteroatoms. The molecular weight excluding hydrogens is 160 g/mol. The van der Waals surface area contributed by atoms with Gasteiger partial charge in [0.25, 0.3) is 0 Å². The van der Waals surface area contributed by atoms with Crippen molar-refractivity contribution in [2.45, 2.75) is 19.4 Å². The number of hydrogen-bond acceptors (Lipinski definition) is 3. The van der Waals surface area contributed by atoms with Gasteiger partial charge in [-0.3, -0.25) is 0 Å². The highest BCUT2D eigenvalue weighted by Gasteiger charge is 2.29. The molecule has 0 atom stereocenters. The summed E-state index contributed by atoms with van der Waals surface area (Å²) in [6.07, 6.45) is 0. The van der Waals surface area contributed by atoms with Gasteiger partial charge >= 0.3 is 12.0 Å².